The molecule has 0 amide bonds. The van der Waals surface area contributed by atoms with Gasteiger partial charge in [0.15, 0.2) is 0 Å². The van der Waals surface area contributed by atoms with Crippen molar-refractivity contribution in [3.8, 4) is 5.75 Å². The van der Waals surface area contributed by atoms with E-state index in [2.05, 4.69) is 58.9 Å². The molecule has 0 saturated carbocycles. The second-order valence-corrected chi connectivity index (χ2v) is 6.41. The first-order valence-electron chi connectivity index (χ1n) is 6.58. The minimum absolute atomic E-state index is 0.410. The minimum Gasteiger partial charge on any atom is -0.493 e. The van der Waals surface area contributed by atoms with Gasteiger partial charge in [-0.25, -0.2) is 0 Å². The first-order chi connectivity index (χ1) is 7.87. The highest BCUT2D eigenvalue weighted by atomic mass is 16.5. The number of benzene rings is 1. The van der Waals surface area contributed by atoms with E-state index in [-0.39, 0.29) is 0 Å². The Morgan fingerprint density at radius 3 is 2.12 bits per heavy atom. The molecule has 0 aliphatic rings. The number of ether oxygens (including phenoxy) is 1. The van der Waals surface area contributed by atoms with Gasteiger partial charge in [0.25, 0.3) is 0 Å². The third-order valence-electron chi connectivity index (χ3n) is 2.67. The van der Waals surface area contributed by atoms with E-state index in [4.69, 9.17) is 4.74 Å². The third kappa shape index (κ3) is 6.35. The molecule has 0 radical (unpaired) electrons. The molecule has 0 aliphatic carbocycles. The van der Waals surface area contributed by atoms with Crippen LogP contribution in [0.4, 0.5) is 0 Å². The number of hydrogen-bond donors (Lipinski definition) is 0. The standard InChI is InChI=1S/C16H26O/c1-13(2)12-17-15-8-6-14(7-9-15)10-11-16(3,4)5/h6-9,13H,10-12H2,1-5H3. The minimum atomic E-state index is 0.410. The summed E-state index contributed by atoms with van der Waals surface area (Å²) in [6.45, 7) is 12.0. The second kappa shape index (κ2) is 6.09. The van der Waals surface area contributed by atoms with E-state index < -0.39 is 0 Å². The summed E-state index contributed by atoms with van der Waals surface area (Å²) in [4.78, 5) is 0. The summed E-state index contributed by atoms with van der Waals surface area (Å²) in [5.74, 6) is 1.56. The fourth-order valence-electron chi connectivity index (χ4n) is 1.53. The highest BCUT2D eigenvalue weighted by Gasteiger charge is 2.09. The Morgan fingerprint density at radius 1 is 1.06 bits per heavy atom. The molecule has 0 bridgehead atoms. The van der Waals surface area contributed by atoms with Crippen molar-refractivity contribution < 1.29 is 4.74 Å². The summed E-state index contributed by atoms with van der Waals surface area (Å²) >= 11 is 0. The van der Waals surface area contributed by atoms with Gasteiger partial charge in [0.1, 0.15) is 5.75 Å². The van der Waals surface area contributed by atoms with Crippen molar-refractivity contribution in [2.75, 3.05) is 6.61 Å². The van der Waals surface area contributed by atoms with Crippen molar-refractivity contribution in [3.63, 3.8) is 0 Å². The van der Waals surface area contributed by atoms with E-state index >= 15 is 0 Å². The molecule has 0 spiro atoms. The summed E-state index contributed by atoms with van der Waals surface area (Å²) in [6.07, 6.45) is 2.37. The zero-order chi connectivity index (χ0) is 12.9. The lowest BCUT2D eigenvalue weighted by Gasteiger charge is -2.17. The molecule has 0 fully saturated rings. The fourth-order valence-corrected chi connectivity index (χ4v) is 1.53. The fraction of sp³-hybridized carbons (Fsp3) is 0.625. The van der Waals surface area contributed by atoms with Crippen LogP contribution in [0.2, 0.25) is 0 Å². The lowest BCUT2D eigenvalue weighted by atomic mass is 9.89. The molecular formula is C16H26O. The van der Waals surface area contributed by atoms with Crippen molar-refractivity contribution in [1.82, 2.24) is 0 Å². The van der Waals surface area contributed by atoms with Crippen molar-refractivity contribution in [1.29, 1.82) is 0 Å². The predicted octanol–water partition coefficient (Wildman–Crippen LogP) is 4.70. The average Bonchev–Trinajstić information content (AvgIpc) is 2.24. The van der Waals surface area contributed by atoms with Crippen LogP contribution < -0.4 is 4.74 Å². The molecule has 17 heavy (non-hydrogen) atoms. The molecule has 1 aromatic rings. The monoisotopic (exact) mass is 234 g/mol. The van der Waals surface area contributed by atoms with Gasteiger partial charge in [0.2, 0.25) is 0 Å². The first-order valence-corrected chi connectivity index (χ1v) is 6.58. The van der Waals surface area contributed by atoms with E-state index in [1.54, 1.807) is 0 Å². The maximum Gasteiger partial charge on any atom is 0.119 e. The highest BCUT2D eigenvalue weighted by molar-refractivity contribution is 5.27. The topological polar surface area (TPSA) is 9.23 Å². The smallest absolute Gasteiger partial charge is 0.119 e. The first kappa shape index (κ1) is 14.1. The largest absolute Gasteiger partial charge is 0.493 e. The maximum atomic E-state index is 5.67. The normalized spacial score (nSPS) is 11.9. The molecule has 0 N–H and O–H groups in total. The molecule has 1 nitrogen and oxygen atoms in total. The molecule has 0 aliphatic heterocycles. The van der Waals surface area contributed by atoms with Crippen LogP contribution in [0.1, 0.15) is 46.6 Å². The Balaban J connectivity index is 2.45. The van der Waals surface area contributed by atoms with Gasteiger partial charge < -0.3 is 4.74 Å². The molecule has 96 valence electrons. The Kier molecular flexibility index (Phi) is 5.04. The van der Waals surface area contributed by atoms with Crippen LogP contribution >= 0.6 is 0 Å². The van der Waals surface area contributed by atoms with Gasteiger partial charge in [0.05, 0.1) is 6.61 Å². The summed E-state index contributed by atoms with van der Waals surface area (Å²) in [5.41, 5.74) is 1.81. The molecular weight excluding hydrogens is 208 g/mol. The Bertz CT molecular complexity index is 316. The molecule has 0 saturated heterocycles. The van der Waals surface area contributed by atoms with Crippen LogP contribution in [0.25, 0.3) is 0 Å². The van der Waals surface area contributed by atoms with Gasteiger partial charge in [-0.2, -0.15) is 0 Å². The van der Waals surface area contributed by atoms with Crippen LogP contribution in [0.3, 0.4) is 0 Å². The number of hydrogen-bond acceptors (Lipinski definition) is 1. The van der Waals surface area contributed by atoms with E-state index in [1.807, 2.05) is 0 Å². The van der Waals surface area contributed by atoms with Crippen LogP contribution in [-0.4, -0.2) is 6.61 Å². The zero-order valence-electron chi connectivity index (χ0n) is 11.9. The molecule has 0 aromatic heterocycles. The molecule has 0 atom stereocenters. The van der Waals surface area contributed by atoms with Crippen molar-refractivity contribution in [2.45, 2.75) is 47.5 Å². The van der Waals surface area contributed by atoms with Crippen molar-refractivity contribution in [2.24, 2.45) is 11.3 Å². The lowest BCUT2D eigenvalue weighted by molar-refractivity contribution is 0.271. The van der Waals surface area contributed by atoms with E-state index in [9.17, 15) is 0 Å². The molecule has 1 heteroatoms. The Labute approximate surface area is 106 Å². The quantitative estimate of drug-likeness (QED) is 0.717. The summed E-state index contributed by atoms with van der Waals surface area (Å²) in [7, 11) is 0. The van der Waals surface area contributed by atoms with E-state index in [0.717, 1.165) is 18.8 Å². The molecule has 1 rings (SSSR count). The average molecular weight is 234 g/mol. The Morgan fingerprint density at radius 2 is 1.65 bits per heavy atom. The van der Waals surface area contributed by atoms with Gasteiger partial charge in [-0.1, -0.05) is 46.8 Å². The van der Waals surface area contributed by atoms with Gasteiger partial charge in [-0.3, -0.25) is 0 Å². The third-order valence-corrected chi connectivity index (χ3v) is 2.67. The van der Waals surface area contributed by atoms with Crippen LogP contribution in [0, 0.1) is 11.3 Å². The lowest BCUT2D eigenvalue weighted by Crippen LogP contribution is -2.06. The van der Waals surface area contributed by atoms with Gasteiger partial charge in [0, 0.05) is 0 Å². The van der Waals surface area contributed by atoms with Crippen LogP contribution in [0.5, 0.6) is 5.75 Å². The zero-order valence-corrected chi connectivity index (χ0v) is 11.9. The van der Waals surface area contributed by atoms with Gasteiger partial charge >= 0.3 is 0 Å². The van der Waals surface area contributed by atoms with Crippen molar-refractivity contribution in [3.05, 3.63) is 29.8 Å². The highest BCUT2D eigenvalue weighted by Crippen LogP contribution is 2.22. The van der Waals surface area contributed by atoms with Crippen LogP contribution in [0.15, 0.2) is 24.3 Å². The summed E-state index contributed by atoms with van der Waals surface area (Å²) < 4.78 is 5.67. The number of rotatable bonds is 5. The van der Waals surface area contributed by atoms with E-state index in [1.165, 1.54) is 12.0 Å². The van der Waals surface area contributed by atoms with Crippen molar-refractivity contribution >= 4 is 0 Å². The predicted molar refractivity (Wildman–Crippen MR) is 74.6 cm³/mol. The van der Waals surface area contributed by atoms with Crippen LogP contribution in [-0.2, 0) is 6.42 Å². The SMILES string of the molecule is CC(C)COc1ccc(CCC(C)(C)C)cc1. The van der Waals surface area contributed by atoms with E-state index in [0.29, 0.717) is 11.3 Å². The van der Waals surface area contributed by atoms with Gasteiger partial charge in [-0.05, 0) is 41.9 Å². The second-order valence-electron chi connectivity index (χ2n) is 6.41. The number of aryl methyl sites for hydroxylation is 1. The maximum absolute atomic E-state index is 5.67. The van der Waals surface area contributed by atoms with Gasteiger partial charge in [-0.15, -0.1) is 0 Å². The molecule has 0 heterocycles. The Hall–Kier alpha value is -0.980. The molecule has 1 aromatic carbocycles. The summed E-state index contributed by atoms with van der Waals surface area (Å²) in [6, 6.07) is 8.53. The summed E-state index contributed by atoms with van der Waals surface area (Å²) in [5, 5.41) is 0. The molecule has 0 unspecified atom stereocenters.